The molecule has 5 heteroatoms. The van der Waals surface area contributed by atoms with Gasteiger partial charge < -0.3 is 15.4 Å². The molecule has 31 heavy (non-hydrogen) atoms. The molecule has 0 aliphatic carbocycles. The minimum Gasteiger partial charge on any atom is -0.493 e. The molecule has 160 valence electrons. The fourth-order valence-electron chi connectivity index (χ4n) is 3.10. The molecular weight excluding hydrogens is 388 g/mol. The number of para-hydroxylation sites is 1. The summed E-state index contributed by atoms with van der Waals surface area (Å²) in [6.07, 6.45) is 0. The lowest BCUT2D eigenvalue weighted by molar-refractivity contribution is 0.101. The Morgan fingerprint density at radius 2 is 1.32 bits per heavy atom. The van der Waals surface area contributed by atoms with Crippen LogP contribution in [0.15, 0.2) is 72.8 Å². The summed E-state index contributed by atoms with van der Waals surface area (Å²) in [6, 6.07) is 21.8. The van der Waals surface area contributed by atoms with E-state index in [4.69, 9.17) is 4.74 Å². The smallest absolute Gasteiger partial charge is 0.259 e. The molecule has 2 amide bonds. The van der Waals surface area contributed by atoms with Gasteiger partial charge in [0, 0.05) is 16.9 Å². The summed E-state index contributed by atoms with van der Waals surface area (Å²) in [5.74, 6) is 0.117. The largest absolute Gasteiger partial charge is 0.493 e. The van der Waals surface area contributed by atoms with E-state index in [-0.39, 0.29) is 17.2 Å². The summed E-state index contributed by atoms with van der Waals surface area (Å²) in [4.78, 5) is 25.1. The van der Waals surface area contributed by atoms with Gasteiger partial charge in [0.2, 0.25) is 0 Å². The fourth-order valence-corrected chi connectivity index (χ4v) is 3.10. The van der Waals surface area contributed by atoms with Crippen molar-refractivity contribution in [2.75, 3.05) is 17.2 Å². The zero-order valence-corrected chi connectivity index (χ0v) is 18.4. The first-order valence-corrected chi connectivity index (χ1v) is 10.3. The highest BCUT2D eigenvalue weighted by molar-refractivity contribution is 6.07. The third-order valence-electron chi connectivity index (χ3n) is 4.85. The Morgan fingerprint density at radius 3 is 1.87 bits per heavy atom. The first-order valence-electron chi connectivity index (χ1n) is 10.3. The van der Waals surface area contributed by atoms with Gasteiger partial charge in [0.15, 0.2) is 0 Å². The molecule has 0 unspecified atom stereocenters. The number of anilines is 2. The number of carbonyl (C=O) groups excluding carboxylic acids is 2. The molecule has 0 atom stereocenters. The number of benzene rings is 3. The van der Waals surface area contributed by atoms with E-state index in [0.29, 0.717) is 34.9 Å². The normalized spacial score (nSPS) is 11.0. The molecule has 0 aliphatic rings. The van der Waals surface area contributed by atoms with Crippen LogP contribution < -0.4 is 15.4 Å². The Labute approximate surface area is 183 Å². The topological polar surface area (TPSA) is 67.4 Å². The van der Waals surface area contributed by atoms with Crippen LogP contribution in [0.5, 0.6) is 5.75 Å². The van der Waals surface area contributed by atoms with Crippen LogP contribution in [0, 0.1) is 0 Å². The molecule has 0 spiro atoms. The minimum atomic E-state index is -0.250. The van der Waals surface area contributed by atoms with Gasteiger partial charge in [0.25, 0.3) is 11.8 Å². The summed E-state index contributed by atoms with van der Waals surface area (Å²) in [5, 5.41) is 5.74. The van der Waals surface area contributed by atoms with Crippen LogP contribution >= 0.6 is 0 Å². The summed E-state index contributed by atoms with van der Waals surface area (Å²) in [6.45, 7) is 8.77. The molecule has 5 nitrogen and oxygen atoms in total. The molecule has 3 aromatic rings. The number of amides is 2. The average Bonchev–Trinajstić information content (AvgIpc) is 2.75. The zero-order valence-electron chi connectivity index (χ0n) is 18.4. The van der Waals surface area contributed by atoms with Crippen LogP contribution in [-0.2, 0) is 5.41 Å². The van der Waals surface area contributed by atoms with Crippen LogP contribution in [0.1, 0.15) is 54.0 Å². The highest BCUT2D eigenvalue weighted by atomic mass is 16.5. The van der Waals surface area contributed by atoms with Crippen molar-refractivity contribution in [3.05, 3.63) is 89.5 Å². The van der Waals surface area contributed by atoms with Crippen LogP contribution in [0.4, 0.5) is 11.4 Å². The Bertz CT molecular complexity index is 1050. The standard InChI is InChI=1S/C26H28N2O3/c1-5-31-23-9-7-6-8-22(23)25(30)28-21-16-14-20(15-17-21)27-24(29)18-10-12-19(13-11-18)26(2,3)4/h6-17H,5H2,1-4H3,(H,27,29)(H,28,30). The van der Waals surface area contributed by atoms with Gasteiger partial charge in [0.1, 0.15) is 5.75 Å². The summed E-state index contributed by atoms with van der Waals surface area (Å²) in [5.41, 5.74) is 3.56. The maximum atomic E-state index is 12.6. The summed E-state index contributed by atoms with van der Waals surface area (Å²) < 4.78 is 5.52. The van der Waals surface area contributed by atoms with Crippen LogP contribution in [0.2, 0.25) is 0 Å². The zero-order chi connectivity index (χ0) is 22.4. The number of rotatable bonds is 6. The Balaban J connectivity index is 1.64. The van der Waals surface area contributed by atoms with E-state index in [1.165, 1.54) is 5.56 Å². The minimum absolute atomic E-state index is 0.0401. The quantitative estimate of drug-likeness (QED) is 0.527. The Kier molecular flexibility index (Phi) is 6.75. The molecular formula is C26H28N2O3. The summed E-state index contributed by atoms with van der Waals surface area (Å²) >= 11 is 0. The van der Waals surface area contributed by atoms with Crippen molar-refractivity contribution in [3.8, 4) is 5.75 Å². The van der Waals surface area contributed by atoms with Crippen molar-refractivity contribution >= 4 is 23.2 Å². The van der Waals surface area contributed by atoms with Gasteiger partial charge in [-0.05, 0) is 66.4 Å². The SMILES string of the molecule is CCOc1ccccc1C(=O)Nc1ccc(NC(=O)c2ccc(C(C)(C)C)cc2)cc1. The molecule has 0 aromatic heterocycles. The second-order valence-electron chi connectivity index (χ2n) is 8.24. The maximum Gasteiger partial charge on any atom is 0.259 e. The molecule has 3 aromatic carbocycles. The van der Waals surface area contributed by atoms with Crippen molar-refractivity contribution in [3.63, 3.8) is 0 Å². The molecule has 0 fully saturated rings. The third-order valence-corrected chi connectivity index (χ3v) is 4.85. The highest BCUT2D eigenvalue weighted by Gasteiger charge is 2.15. The molecule has 0 aliphatic heterocycles. The first-order chi connectivity index (χ1) is 14.8. The second kappa shape index (κ2) is 9.47. The number of ether oxygens (including phenoxy) is 1. The number of hydrogen-bond acceptors (Lipinski definition) is 3. The van der Waals surface area contributed by atoms with Crippen molar-refractivity contribution in [2.24, 2.45) is 0 Å². The lowest BCUT2D eigenvalue weighted by atomic mass is 9.87. The van der Waals surface area contributed by atoms with Gasteiger partial charge in [-0.3, -0.25) is 9.59 Å². The molecule has 0 heterocycles. The van der Waals surface area contributed by atoms with E-state index >= 15 is 0 Å². The predicted molar refractivity (Wildman–Crippen MR) is 125 cm³/mol. The molecule has 3 rings (SSSR count). The van der Waals surface area contributed by atoms with E-state index in [0.717, 1.165) is 0 Å². The molecule has 0 saturated carbocycles. The van der Waals surface area contributed by atoms with Crippen molar-refractivity contribution in [1.82, 2.24) is 0 Å². The molecule has 0 radical (unpaired) electrons. The first kappa shape index (κ1) is 22.1. The van der Waals surface area contributed by atoms with E-state index in [2.05, 4.69) is 31.4 Å². The average molecular weight is 417 g/mol. The van der Waals surface area contributed by atoms with Gasteiger partial charge in [-0.2, -0.15) is 0 Å². The van der Waals surface area contributed by atoms with Crippen molar-refractivity contribution in [2.45, 2.75) is 33.1 Å². The highest BCUT2D eigenvalue weighted by Crippen LogP contribution is 2.23. The van der Waals surface area contributed by atoms with Gasteiger partial charge in [-0.25, -0.2) is 0 Å². The second-order valence-corrected chi connectivity index (χ2v) is 8.24. The maximum absolute atomic E-state index is 12.6. The molecule has 0 bridgehead atoms. The lowest BCUT2D eigenvalue weighted by Crippen LogP contribution is -2.15. The number of hydrogen-bond donors (Lipinski definition) is 2. The number of carbonyl (C=O) groups is 2. The van der Waals surface area contributed by atoms with Gasteiger partial charge in [0.05, 0.1) is 12.2 Å². The van der Waals surface area contributed by atoms with Gasteiger partial charge >= 0.3 is 0 Å². The van der Waals surface area contributed by atoms with Crippen molar-refractivity contribution in [1.29, 1.82) is 0 Å². The monoisotopic (exact) mass is 416 g/mol. The van der Waals surface area contributed by atoms with Crippen LogP contribution in [-0.4, -0.2) is 18.4 Å². The van der Waals surface area contributed by atoms with Gasteiger partial charge in [-0.1, -0.05) is 45.0 Å². The van der Waals surface area contributed by atoms with Gasteiger partial charge in [-0.15, -0.1) is 0 Å². The lowest BCUT2D eigenvalue weighted by Gasteiger charge is -2.19. The summed E-state index contributed by atoms with van der Waals surface area (Å²) in [7, 11) is 0. The van der Waals surface area contributed by atoms with Crippen LogP contribution in [0.3, 0.4) is 0 Å². The van der Waals surface area contributed by atoms with E-state index in [1.54, 1.807) is 42.5 Å². The third kappa shape index (κ3) is 5.72. The van der Waals surface area contributed by atoms with E-state index in [9.17, 15) is 9.59 Å². The molecule has 2 N–H and O–H groups in total. The Hall–Kier alpha value is -3.60. The Morgan fingerprint density at radius 1 is 0.774 bits per heavy atom. The van der Waals surface area contributed by atoms with E-state index in [1.807, 2.05) is 37.3 Å². The predicted octanol–water partition coefficient (Wildman–Crippen LogP) is 5.89. The van der Waals surface area contributed by atoms with E-state index < -0.39 is 0 Å². The number of nitrogens with one attached hydrogen (secondary N) is 2. The van der Waals surface area contributed by atoms with Crippen molar-refractivity contribution < 1.29 is 14.3 Å². The fraction of sp³-hybridized carbons (Fsp3) is 0.231. The van der Waals surface area contributed by atoms with Crippen LogP contribution in [0.25, 0.3) is 0 Å². The molecule has 0 saturated heterocycles.